The van der Waals surface area contributed by atoms with Crippen LogP contribution in [0.5, 0.6) is 0 Å². The molecule has 1 aromatic carbocycles. The molecule has 0 fully saturated rings. The van der Waals surface area contributed by atoms with Gasteiger partial charge in [-0.3, -0.25) is 14.9 Å². The molecular weight excluding hydrogens is 242 g/mol. The first kappa shape index (κ1) is 13.5. The normalized spacial score (nSPS) is 9.94. The van der Waals surface area contributed by atoms with Crippen molar-refractivity contribution in [3.63, 3.8) is 0 Å². The van der Waals surface area contributed by atoms with Crippen LogP contribution in [0.1, 0.15) is 5.56 Å². The summed E-state index contributed by atoms with van der Waals surface area (Å²) in [5, 5.41) is 10.4. The molecule has 0 atom stereocenters. The number of nitro benzene ring substituents is 1. The summed E-state index contributed by atoms with van der Waals surface area (Å²) in [5.41, 5.74) is 0.731. The van der Waals surface area contributed by atoms with E-state index < -0.39 is 4.92 Å². The van der Waals surface area contributed by atoms with Crippen molar-refractivity contribution in [1.82, 2.24) is 0 Å². The van der Waals surface area contributed by atoms with Gasteiger partial charge < -0.3 is 4.74 Å². The van der Waals surface area contributed by atoms with Gasteiger partial charge >= 0.3 is 5.97 Å². The van der Waals surface area contributed by atoms with E-state index >= 15 is 0 Å². The predicted octanol–water partition coefficient (Wildman–Crippen LogP) is 2.04. The molecule has 6 heteroatoms. The topological polar surface area (TPSA) is 69.4 Å². The monoisotopic (exact) mass is 255 g/mol. The number of non-ortho nitro benzene ring substituents is 1. The molecule has 0 radical (unpaired) electrons. The van der Waals surface area contributed by atoms with E-state index in [1.807, 2.05) is 6.26 Å². The Morgan fingerprint density at radius 1 is 1.41 bits per heavy atom. The van der Waals surface area contributed by atoms with Crippen molar-refractivity contribution >= 4 is 23.4 Å². The smallest absolute Gasteiger partial charge is 0.310 e. The predicted molar refractivity (Wildman–Crippen MR) is 66.1 cm³/mol. The molecule has 5 nitrogen and oxygen atoms in total. The Kier molecular flexibility index (Phi) is 5.48. The third-order valence-electron chi connectivity index (χ3n) is 2.05. The lowest BCUT2D eigenvalue weighted by Gasteiger charge is -2.03. The fraction of sp³-hybridized carbons (Fsp3) is 0.364. The van der Waals surface area contributed by atoms with Gasteiger partial charge in [0.2, 0.25) is 0 Å². The van der Waals surface area contributed by atoms with Crippen LogP contribution in [0.3, 0.4) is 0 Å². The van der Waals surface area contributed by atoms with Crippen LogP contribution in [0, 0.1) is 10.1 Å². The summed E-state index contributed by atoms with van der Waals surface area (Å²) in [4.78, 5) is 21.3. The molecule has 0 saturated carbocycles. The molecule has 0 bridgehead atoms. The zero-order chi connectivity index (χ0) is 12.7. The van der Waals surface area contributed by atoms with Crippen molar-refractivity contribution in [2.24, 2.45) is 0 Å². The average molecular weight is 255 g/mol. The number of carbonyl (C=O) groups excluding carboxylic acids is 1. The van der Waals surface area contributed by atoms with Crippen molar-refractivity contribution < 1.29 is 14.5 Å². The number of ether oxygens (including phenoxy) is 1. The van der Waals surface area contributed by atoms with Crippen molar-refractivity contribution in [2.75, 3.05) is 18.6 Å². The Labute approximate surface area is 103 Å². The van der Waals surface area contributed by atoms with Gasteiger partial charge in [0.1, 0.15) is 6.61 Å². The molecular formula is C11H13NO4S. The first-order valence-corrected chi connectivity index (χ1v) is 6.40. The SMILES string of the molecule is CSCCOC(=O)Cc1ccc([N+](=O)[O-])cc1. The van der Waals surface area contributed by atoms with Gasteiger partial charge in [0.25, 0.3) is 5.69 Å². The average Bonchev–Trinajstić information content (AvgIpc) is 2.30. The molecule has 92 valence electrons. The maximum atomic E-state index is 11.3. The Bertz CT molecular complexity index is 391. The minimum atomic E-state index is -0.472. The molecule has 0 spiro atoms. The van der Waals surface area contributed by atoms with Crippen LogP contribution in [-0.2, 0) is 16.0 Å². The first-order chi connectivity index (χ1) is 8.13. The van der Waals surface area contributed by atoms with Gasteiger partial charge in [-0.1, -0.05) is 12.1 Å². The number of esters is 1. The fourth-order valence-electron chi connectivity index (χ4n) is 1.19. The molecule has 0 amide bonds. The molecule has 0 N–H and O–H groups in total. The molecule has 0 aliphatic heterocycles. The standard InChI is InChI=1S/C11H13NO4S/c1-17-7-6-16-11(13)8-9-2-4-10(5-3-9)12(14)15/h2-5H,6-8H2,1H3. The van der Waals surface area contributed by atoms with Crippen LogP contribution < -0.4 is 0 Å². The van der Waals surface area contributed by atoms with E-state index in [2.05, 4.69) is 0 Å². The molecule has 0 aliphatic rings. The van der Waals surface area contributed by atoms with Crippen LogP contribution >= 0.6 is 11.8 Å². The summed E-state index contributed by atoms with van der Waals surface area (Å²) < 4.78 is 4.97. The third kappa shape index (κ3) is 4.86. The highest BCUT2D eigenvalue weighted by atomic mass is 32.2. The molecule has 0 aliphatic carbocycles. The summed E-state index contributed by atoms with van der Waals surface area (Å²) in [5.74, 6) is 0.458. The number of carbonyl (C=O) groups is 1. The Morgan fingerprint density at radius 2 is 2.06 bits per heavy atom. The number of thioether (sulfide) groups is 1. The van der Waals surface area contributed by atoms with E-state index in [-0.39, 0.29) is 18.1 Å². The largest absolute Gasteiger partial charge is 0.465 e. The summed E-state index contributed by atoms with van der Waals surface area (Å²) in [7, 11) is 0. The van der Waals surface area contributed by atoms with Gasteiger partial charge in [0.05, 0.1) is 11.3 Å². The van der Waals surface area contributed by atoms with Crippen molar-refractivity contribution in [3.8, 4) is 0 Å². The summed E-state index contributed by atoms with van der Waals surface area (Å²) in [6.07, 6.45) is 2.08. The number of hydrogen-bond acceptors (Lipinski definition) is 5. The molecule has 1 aromatic rings. The van der Waals surface area contributed by atoms with E-state index in [1.54, 1.807) is 23.9 Å². The lowest BCUT2D eigenvalue weighted by atomic mass is 10.1. The van der Waals surface area contributed by atoms with E-state index in [0.717, 1.165) is 5.75 Å². The Hall–Kier alpha value is -1.56. The second-order valence-electron chi connectivity index (χ2n) is 3.31. The minimum absolute atomic E-state index is 0.0181. The summed E-state index contributed by atoms with van der Waals surface area (Å²) >= 11 is 1.60. The van der Waals surface area contributed by atoms with Crippen LogP contribution in [0.25, 0.3) is 0 Å². The van der Waals surface area contributed by atoms with Gasteiger partial charge in [-0.25, -0.2) is 0 Å². The number of rotatable bonds is 6. The van der Waals surface area contributed by atoms with Gasteiger partial charge in [-0.15, -0.1) is 0 Å². The zero-order valence-corrected chi connectivity index (χ0v) is 10.2. The highest BCUT2D eigenvalue weighted by Gasteiger charge is 2.07. The van der Waals surface area contributed by atoms with Crippen molar-refractivity contribution in [1.29, 1.82) is 0 Å². The van der Waals surface area contributed by atoms with Crippen molar-refractivity contribution in [2.45, 2.75) is 6.42 Å². The van der Waals surface area contributed by atoms with Crippen LogP contribution in [0.15, 0.2) is 24.3 Å². The van der Waals surface area contributed by atoms with Crippen LogP contribution in [-0.4, -0.2) is 29.5 Å². The number of hydrogen-bond donors (Lipinski definition) is 0. The summed E-state index contributed by atoms with van der Waals surface area (Å²) in [6, 6.07) is 5.89. The first-order valence-electron chi connectivity index (χ1n) is 5.01. The maximum Gasteiger partial charge on any atom is 0.310 e. The minimum Gasteiger partial charge on any atom is -0.465 e. The van der Waals surface area contributed by atoms with Gasteiger partial charge in [-0.05, 0) is 11.8 Å². The Morgan fingerprint density at radius 3 is 2.59 bits per heavy atom. The molecule has 0 aromatic heterocycles. The van der Waals surface area contributed by atoms with E-state index in [4.69, 9.17) is 4.74 Å². The maximum absolute atomic E-state index is 11.3. The second-order valence-corrected chi connectivity index (χ2v) is 4.30. The molecule has 0 unspecified atom stereocenters. The fourth-order valence-corrected chi connectivity index (χ4v) is 1.44. The zero-order valence-electron chi connectivity index (χ0n) is 9.42. The molecule has 17 heavy (non-hydrogen) atoms. The van der Waals surface area contributed by atoms with Crippen LogP contribution in [0.2, 0.25) is 0 Å². The van der Waals surface area contributed by atoms with Gasteiger partial charge in [0.15, 0.2) is 0 Å². The van der Waals surface area contributed by atoms with Crippen LogP contribution in [0.4, 0.5) is 5.69 Å². The molecule has 0 heterocycles. The van der Waals surface area contributed by atoms with Crippen molar-refractivity contribution in [3.05, 3.63) is 39.9 Å². The highest BCUT2D eigenvalue weighted by Crippen LogP contribution is 2.12. The highest BCUT2D eigenvalue weighted by molar-refractivity contribution is 7.98. The lowest BCUT2D eigenvalue weighted by molar-refractivity contribution is -0.384. The van der Waals surface area contributed by atoms with E-state index in [9.17, 15) is 14.9 Å². The number of nitrogens with zero attached hydrogens (tertiary/aromatic N) is 1. The second kappa shape index (κ2) is 6.90. The van der Waals surface area contributed by atoms with Gasteiger partial charge in [-0.2, -0.15) is 11.8 Å². The summed E-state index contributed by atoms with van der Waals surface area (Å²) in [6.45, 7) is 0.396. The van der Waals surface area contributed by atoms with Gasteiger partial charge in [0, 0.05) is 17.9 Å². The van der Waals surface area contributed by atoms with E-state index in [0.29, 0.717) is 12.2 Å². The third-order valence-corrected chi connectivity index (χ3v) is 2.62. The number of benzene rings is 1. The quantitative estimate of drug-likeness (QED) is 0.337. The molecule has 1 rings (SSSR count). The van der Waals surface area contributed by atoms with E-state index in [1.165, 1.54) is 12.1 Å². The molecule has 0 saturated heterocycles. The lowest BCUT2D eigenvalue weighted by Crippen LogP contribution is -2.10. The Balaban J connectivity index is 2.46. The number of nitro groups is 1.